The molecule has 1 aliphatic rings. The van der Waals surface area contributed by atoms with E-state index in [-0.39, 0.29) is 47.5 Å². The summed E-state index contributed by atoms with van der Waals surface area (Å²) in [5.74, 6) is -1.20. The maximum Gasteiger partial charge on any atom is 0.304 e. The molecule has 7 nitrogen and oxygen atoms in total. The number of carbonyl (C=O) groups is 2. The molecular weight excluding hydrogens is 524 g/mol. The van der Waals surface area contributed by atoms with Crippen molar-refractivity contribution in [2.45, 2.75) is 31.2 Å². The minimum absolute atomic E-state index is 0.0128. The Hall–Kier alpha value is -2.03. The first-order chi connectivity index (χ1) is 16.1. The minimum Gasteiger partial charge on any atom is -0.481 e. The molecule has 0 radical (unpaired) electrons. The molecule has 2 aromatic heterocycles. The number of nitrogens with zero attached hydrogens (tertiary/aromatic N) is 2. The van der Waals surface area contributed by atoms with Crippen LogP contribution in [-0.2, 0) is 11.8 Å². The Balaban J connectivity index is 1.58. The van der Waals surface area contributed by atoms with Gasteiger partial charge in [0.15, 0.2) is 11.5 Å². The van der Waals surface area contributed by atoms with Gasteiger partial charge in [-0.2, -0.15) is 5.10 Å². The van der Waals surface area contributed by atoms with Gasteiger partial charge in [0, 0.05) is 19.5 Å². The lowest BCUT2D eigenvalue weighted by molar-refractivity contribution is -0.137. The number of piperidine rings is 1. The van der Waals surface area contributed by atoms with Gasteiger partial charge in [0.05, 0.1) is 38.9 Å². The Labute approximate surface area is 215 Å². The number of aryl methyl sites for hydroxylation is 1. The monoisotopic (exact) mass is 543 g/mol. The molecule has 1 aliphatic heterocycles. The van der Waals surface area contributed by atoms with E-state index in [0.717, 1.165) is 5.56 Å². The van der Waals surface area contributed by atoms with Crippen LogP contribution in [0.2, 0.25) is 20.3 Å². The van der Waals surface area contributed by atoms with Crippen molar-refractivity contribution in [2.24, 2.45) is 13.0 Å². The van der Waals surface area contributed by atoms with Crippen molar-refractivity contribution in [3.05, 3.63) is 62.1 Å². The van der Waals surface area contributed by atoms with Gasteiger partial charge in [0.1, 0.15) is 0 Å². The van der Waals surface area contributed by atoms with Crippen LogP contribution in [0.1, 0.15) is 41.3 Å². The van der Waals surface area contributed by atoms with Crippen LogP contribution in [-0.4, -0.2) is 39.2 Å². The van der Waals surface area contributed by atoms with Crippen LogP contribution in [0, 0.1) is 5.92 Å². The fraction of sp³-hybridized carbons (Fsp3) is 0.348. The number of carboxylic acid groups (broad SMARTS) is 1. The average molecular weight is 545 g/mol. The fourth-order valence-electron chi connectivity index (χ4n) is 4.49. The van der Waals surface area contributed by atoms with Crippen molar-refractivity contribution in [1.29, 1.82) is 0 Å². The minimum atomic E-state index is -0.883. The number of rotatable bonds is 7. The molecule has 3 aromatic rings. The van der Waals surface area contributed by atoms with E-state index < -0.39 is 5.97 Å². The van der Waals surface area contributed by atoms with E-state index in [1.807, 2.05) is 6.07 Å². The second-order valence-electron chi connectivity index (χ2n) is 8.37. The van der Waals surface area contributed by atoms with E-state index in [1.54, 1.807) is 29.9 Å². The maximum absolute atomic E-state index is 13.2. The van der Waals surface area contributed by atoms with Crippen LogP contribution in [0.3, 0.4) is 0 Å². The van der Waals surface area contributed by atoms with Crippen LogP contribution in [0.4, 0.5) is 0 Å². The molecule has 0 saturated carbocycles. The van der Waals surface area contributed by atoms with E-state index in [2.05, 4.69) is 10.4 Å². The molecule has 3 heterocycles. The third kappa shape index (κ3) is 5.29. The van der Waals surface area contributed by atoms with Crippen molar-refractivity contribution in [1.82, 2.24) is 15.1 Å². The van der Waals surface area contributed by atoms with Gasteiger partial charge in [-0.1, -0.05) is 40.9 Å². The first kappa shape index (κ1) is 25.1. The van der Waals surface area contributed by atoms with Crippen molar-refractivity contribution in [3.63, 3.8) is 0 Å². The normalized spacial score (nSPS) is 20.4. The predicted octanol–water partition coefficient (Wildman–Crippen LogP) is 6.10. The number of carboxylic acids is 1. The summed E-state index contributed by atoms with van der Waals surface area (Å²) in [5, 5.41) is 17.9. The van der Waals surface area contributed by atoms with Crippen LogP contribution in [0.15, 0.2) is 34.9 Å². The summed E-state index contributed by atoms with van der Waals surface area (Å²) in [5.41, 5.74) is 1.95. The zero-order valence-electron chi connectivity index (χ0n) is 18.0. The zero-order valence-corrected chi connectivity index (χ0v) is 21.0. The smallest absolute Gasteiger partial charge is 0.304 e. The summed E-state index contributed by atoms with van der Waals surface area (Å²) in [7, 11) is 1.72. The lowest BCUT2D eigenvalue weighted by Gasteiger charge is -2.37. The molecule has 34 heavy (non-hydrogen) atoms. The highest BCUT2D eigenvalue weighted by Crippen LogP contribution is 2.40. The van der Waals surface area contributed by atoms with Crippen molar-refractivity contribution >= 4 is 58.2 Å². The number of furan rings is 1. The first-order valence-electron chi connectivity index (χ1n) is 10.5. The number of hydrogen-bond acceptors (Lipinski definition) is 5. The van der Waals surface area contributed by atoms with Crippen molar-refractivity contribution in [2.75, 3.05) is 6.54 Å². The Kier molecular flexibility index (Phi) is 7.60. The van der Waals surface area contributed by atoms with Gasteiger partial charge in [-0.05, 0) is 60.2 Å². The standard InChI is InChI=1S/C23H21Cl4N3O4/c1-30-22(18(26)10-29-30)15-8-20(34-23(15)27)19(31)5-12-9-28-13(7-21(32)33)6-14(12)11-2-3-16(24)17(25)4-11/h2-4,8,10,12-14,28H,5-7,9H2,1H3,(H,32,33)/t12-,13?,14+/m1/s1. The number of benzene rings is 1. The summed E-state index contributed by atoms with van der Waals surface area (Å²) in [6, 6.07) is 6.71. The van der Waals surface area contributed by atoms with Gasteiger partial charge in [-0.25, -0.2) is 0 Å². The Morgan fingerprint density at radius 2 is 1.91 bits per heavy atom. The fourth-order valence-corrected chi connectivity index (χ4v) is 5.30. The number of hydrogen-bond donors (Lipinski definition) is 2. The Bertz CT molecular complexity index is 1220. The Morgan fingerprint density at radius 3 is 2.56 bits per heavy atom. The number of Topliss-reactive ketones (excluding diaryl/α,β-unsaturated/α-hetero) is 1. The highest BCUT2D eigenvalue weighted by molar-refractivity contribution is 6.42. The zero-order chi connectivity index (χ0) is 24.6. The molecule has 0 spiro atoms. The molecule has 0 amide bonds. The largest absolute Gasteiger partial charge is 0.481 e. The van der Waals surface area contributed by atoms with Gasteiger partial charge in [-0.15, -0.1) is 0 Å². The summed E-state index contributed by atoms with van der Waals surface area (Å²) in [4.78, 5) is 24.5. The van der Waals surface area contributed by atoms with E-state index in [0.29, 0.717) is 39.3 Å². The molecule has 180 valence electrons. The number of aromatic nitrogens is 2. The van der Waals surface area contributed by atoms with Gasteiger partial charge in [0.2, 0.25) is 5.22 Å². The van der Waals surface area contributed by atoms with E-state index in [9.17, 15) is 14.7 Å². The average Bonchev–Trinajstić information content (AvgIpc) is 3.31. The summed E-state index contributed by atoms with van der Waals surface area (Å²) < 4.78 is 7.14. The number of ketones is 1. The summed E-state index contributed by atoms with van der Waals surface area (Å²) in [6.07, 6.45) is 2.18. The van der Waals surface area contributed by atoms with Gasteiger partial charge >= 0.3 is 5.97 Å². The highest BCUT2D eigenvalue weighted by Gasteiger charge is 2.35. The lowest BCUT2D eigenvalue weighted by atomic mass is 9.75. The molecule has 1 saturated heterocycles. The lowest BCUT2D eigenvalue weighted by Crippen LogP contribution is -2.44. The predicted molar refractivity (Wildman–Crippen MR) is 131 cm³/mol. The summed E-state index contributed by atoms with van der Waals surface area (Å²) in [6.45, 7) is 0.462. The van der Waals surface area contributed by atoms with Crippen LogP contribution in [0.25, 0.3) is 11.3 Å². The van der Waals surface area contributed by atoms with Gasteiger partial charge < -0.3 is 14.8 Å². The molecular formula is C23H21Cl4N3O4. The molecule has 1 fully saturated rings. The molecule has 1 aromatic carbocycles. The second-order valence-corrected chi connectivity index (χ2v) is 9.93. The topological polar surface area (TPSA) is 97.4 Å². The maximum atomic E-state index is 13.2. The first-order valence-corrected chi connectivity index (χ1v) is 12.1. The van der Waals surface area contributed by atoms with Crippen molar-refractivity contribution < 1.29 is 19.1 Å². The van der Waals surface area contributed by atoms with E-state index in [4.69, 9.17) is 50.8 Å². The molecule has 2 N–H and O–H groups in total. The molecule has 0 bridgehead atoms. The number of carbonyl (C=O) groups excluding carboxylic acids is 1. The number of halogens is 4. The molecule has 0 aliphatic carbocycles. The second kappa shape index (κ2) is 10.3. The molecule has 3 atom stereocenters. The third-order valence-electron chi connectivity index (χ3n) is 6.13. The van der Waals surface area contributed by atoms with Gasteiger partial charge in [-0.3, -0.25) is 14.3 Å². The summed E-state index contributed by atoms with van der Waals surface area (Å²) >= 11 is 24.8. The quantitative estimate of drug-likeness (QED) is 0.348. The number of aliphatic carboxylic acids is 1. The van der Waals surface area contributed by atoms with Gasteiger partial charge in [0.25, 0.3) is 0 Å². The Morgan fingerprint density at radius 1 is 1.15 bits per heavy atom. The molecule has 1 unspecified atom stereocenters. The van der Waals surface area contributed by atoms with Crippen LogP contribution >= 0.6 is 46.4 Å². The highest BCUT2D eigenvalue weighted by atomic mass is 35.5. The molecule has 11 heteroatoms. The van der Waals surface area contributed by atoms with Crippen LogP contribution in [0.5, 0.6) is 0 Å². The third-order valence-corrected chi connectivity index (χ3v) is 7.42. The van der Waals surface area contributed by atoms with Crippen LogP contribution < -0.4 is 5.32 Å². The van der Waals surface area contributed by atoms with E-state index >= 15 is 0 Å². The molecule has 4 rings (SSSR count). The van der Waals surface area contributed by atoms with E-state index in [1.165, 1.54) is 6.20 Å². The number of nitrogens with one attached hydrogen (secondary N) is 1. The SMILES string of the molecule is Cn1ncc(Cl)c1-c1cc(C(=O)C[C@@H]2CNC(CC(=O)O)C[C@H]2c2ccc(Cl)c(Cl)c2)oc1Cl. The van der Waals surface area contributed by atoms with Crippen molar-refractivity contribution in [3.8, 4) is 11.3 Å².